The molecule has 4 atom stereocenters. The van der Waals surface area contributed by atoms with Gasteiger partial charge in [0.15, 0.2) is 8.32 Å². The summed E-state index contributed by atoms with van der Waals surface area (Å²) in [7, 11) is -1.92. The number of hydrogen-bond acceptors (Lipinski definition) is 5. The van der Waals surface area contributed by atoms with Crippen LogP contribution in [0.15, 0.2) is 60.7 Å². The Kier molecular flexibility index (Phi) is 10.2. The minimum atomic E-state index is -1.92. The predicted octanol–water partition coefficient (Wildman–Crippen LogP) is 7.05. The highest BCUT2D eigenvalue weighted by atomic mass is 32.2. The van der Waals surface area contributed by atoms with E-state index in [1.165, 1.54) is 5.56 Å². The second kappa shape index (κ2) is 12.7. The van der Waals surface area contributed by atoms with Gasteiger partial charge in [0.25, 0.3) is 0 Å². The van der Waals surface area contributed by atoms with E-state index in [1.54, 1.807) is 0 Å². The minimum Gasteiger partial charge on any atom is -0.414 e. The first-order valence-electron chi connectivity index (χ1n) is 12.4. The number of ether oxygens (including phenoxy) is 3. The highest BCUT2D eigenvalue weighted by Gasteiger charge is 2.43. The second-order valence-electron chi connectivity index (χ2n) is 10.5. The van der Waals surface area contributed by atoms with Crippen molar-refractivity contribution < 1.29 is 18.6 Å². The van der Waals surface area contributed by atoms with Crippen molar-refractivity contribution in [1.29, 1.82) is 0 Å². The topological polar surface area (TPSA) is 36.9 Å². The van der Waals surface area contributed by atoms with Crippen LogP contribution in [0.3, 0.4) is 0 Å². The molecule has 1 fully saturated rings. The third-order valence-electron chi connectivity index (χ3n) is 6.84. The number of rotatable bonds is 11. The van der Waals surface area contributed by atoms with Crippen molar-refractivity contribution in [3.05, 3.63) is 71.8 Å². The van der Waals surface area contributed by atoms with Crippen LogP contribution < -0.4 is 0 Å². The van der Waals surface area contributed by atoms with E-state index in [2.05, 4.69) is 77.2 Å². The maximum atomic E-state index is 6.62. The molecule has 1 aliphatic heterocycles. The zero-order valence-corrected chi connectivity index (χ0v) is 23.5. The number of benzene rings is 2. The zero-order chi connectivity index (χ0) is 24.6. The molecule has 1 saturated heterocycles. The number of hydrogen-bond donors (Lipinski definition) is 0. The van der Waals surface area contributed by atoms with Crippen molar-refractivity contribution in [2.45, 2.75) is 89.2 Å². The van der Waals surface area contributed by atoms with Crippen LogP contribution in [0.1, 0.15) is 45.2 Å². The molecular weight excluding hydrogens is 460 g/mol. The molecule has 0 aliphatic carbocycles. The van der Waals surface area contributed by atoms with Gasteiger partial charge >= 0.3 is 0 Å². The van der Waals surface area contributed by atoms with Crippen molar-refractivity contribution in [1.82, 2.24) is 0 Å². The minimum absolute atomic E-state index is 0.0604. The summed E-state index contributed by atoms with van der Waals surface area (Å²) in [5.74, 6) is 1.00. The van der Waals surface area contributed by atoms with Crippen molar-refractivity contribution in [3.63, 3.8) is 0 Å². The molecule has 2 aromatic carbocycles. The normalized spacial score (nSPS) is 23.7. The molecule has 0 amide bonds. The molecule has 6 heteroatoms. The maximum Gasteiger partial charge on any atom is 0.192 e. The third-order valence-corrected chi connectivity index (χ3v) is 12.4. The average Bonchev–Trinajstić information content (AvgIpc) is 2.81. The molecule has 2 aromatic rings. The molecule has 0 aromatic heterocycles. The molecule has 0 unspecified atom stereocenters. The van der Waals surface area contributed by atoms with Crippen molar-refractivity contribution >= 4 is 20.1 Å². The van der Waals surface area contributed by atoms with E-state index >= 15 is 0 Å². The summed E-state index contributed by atoms with van der Waals surface area (Å²) in [4.78, 5) is 0. The summed E-state index contributed by atoms with van der Waals surface area (Å²) in [5, 5.41) is 0.142. The van der Waals surface area contributed by atoms with Crippen molar-refractivity contribution in [2.24, 2.45) is 0 Å². The van der Waals surface area contributed by atoms with Gasteiger partial charge in [0.1, 0.15) is 17.6 Å². The lowest BCUT2D eigenvalue weighted by molar-refractivity contribution is -0.198. The highest BCUT2D eigenvalue weighted by Crippen LogP contribution is 2.38. The largest absolute Gasteiger partial charge is 0.414 e. The Hall–Kier alpha value is -1.15. The van der Waals surface area contributed by atoms with Gasteiger partial charge in [-0.2, -0.15) is 0 Å². The van der Waals surface area contributed by atoms with Gasteiger partial charge in [0.05, 0.1) is 25.9 Å². The Labute approximate surface area is 211 Å². The van der Waals surface area contributed by atoms with Crippen LogP contribution in [0.2, 0.25) is 18.1 Å². The van der Waals surface area contributed by atoms with Gasteiger partial charge in [0.2, 0.25) is 0 Å². The summed E-state index contributed by atoms with van der Waals surface area (Å²) in [5.41, 5.74) is 2.40. The van der Waals surface area contributed by atoms with Gasteiger partial charge in [-0.15, -0.1) is 11.8 Å². The molecule has 0 bridgehead atoms. The van der Waals surface area contributed by atoms with E-state index in [-0.39, 0.29) is 28.8 Å². The van der Waals surface area contributed by atoms with E-state index in [4.69, 9.17) is 18.6 Å². The van der Waals surface area contributed by atoms with Gasteiger partial charge in [-0.25, -0.2) is 0 Å². The number of thioether (sulfide) groups is 1. The van der Waals surface area contributed by atoms with E-state index in [9.17, 15) is 0 Å². The van der Waals surface area contributed by atoms with Crippen LogP contribution in [0.5, 0.6) is 0 Å². The van der Waals surface area contributed by atoms with Gasteiger partial charge in [-0.1, -0.05) is 88.4 Å². The van der Waals surface area contributed by atoms with Gasteiger partial charge < -0.3 is 18.6 Å². The van der Waals surface area contributed by atoms with Crippen LogP contribution in [0, 0.1) is 0 Å². The highest BCUT2D eigenvalue weighted by molar-refractivity contribution is 7.99. The van der Waals surface area contributed by atoms with E-state index in [0.717, 1.165) is 17.7 Å². The molecular formula is C28H42O4SSi. The molecule has 0 spiro atoms. The van der Waals surface area contributed by atoms with E-state index in [1.807, 2.05) is 36.0 Å². The SMILES string of the molecule is CCS[C@@H]1C[C@@H](OCc2ccccc2)[C@H](OCc2ccccc2)[C@@H](CO[Si](C)(C)C(C)(C)C)O1. The fraction of sp³-hybridized carbons (Fsp3) is 0.571. The molecule has 0 N–H and O–H groups in total. The van der Waals surface area contributed by atoms with Crippen LogP contribution in [-0.4, -0.2) is 44.4 Å². The maximum absolute atomic E-state index is 6.62. The molecule has 188 valence electrons. The lowest BCUT2D eigenvalue weighted by Crippen LogP contribution is -2.53. The van der Waals surface area contributed by atoms with Crippen LogP contribution >= 0.6 is 11.8 Å². The Morgan fingerprint density at radius 3 is 2.00 bits per heavy atom. The van der Waals surface area contributed by atoms with Crippen LogP contribution in [0.4, 0.5) is 0 Å². The fourth-order valence-electron chi connectivity index (χ4n) is 3.75. The molecule has 3 rings (SSSR count). The fourth-order valence-corrected chi connectivity index (χ4v) is 5.68. The second-order valence-corrected chi connectivity index (χ2v) is 16.7. The summed E-state index contributed by atoms with van der Waals surface area (Å²) in [6.45, 7) is 15.2. The summed E-state index contributed by atoms with van der Waals surface area (Å²) < 4.78 is 26.2. The monoisotopic (exact) mass is 502 g/mol. The Balaban J connectivity index is 1.78. The molecule has 1 heterocycles. The quantitative estimate of drug-likeness (QED) is 0.308. The van der Waals surface area contributed by atoms with Crippen LogP contribution in [0.25, 0.3) is 0 Å². The Morgan fingerprint density at radius 2 is 1.47 bits per heavy atom. The predicted molar refractivity (Wildman–Crippen MR) is 145 cm³/mol. The van der Waals surface area contributed by atoms with E-state index in [0.29, 0.717) is 19.8 Å². The van der Waals surface area contributed by atoms with E-state index < -0.39 is 8.32 Å². The van der Waals surface area contributed by atoms with Gasteiger partial charge in [-0.05, 0) is 35.0 Å². The summed E-state index contributed by atoms with van der Waals surface area (Å²) in [6.07, 6.45) is 0.384. The first-order valence-corrected chi connectivity index (χ1v) is 16.4. The smallest absolute Gasteiger partial charge is 0.192 e. The Morgan fingerprint density at radius 1 is 0.912 bits per heavy atom. The standard InChI is InChI=1S/C28H42O4SSi/c1-7-33-26-18-24(29-19-22-14-10-8-11-15-22)27(30-20-23-16-12-9-13-17-23)25(32-26)21-31-34(5,6)28(2,3)4/h8-17,24-27H,7,18-21H2,1-6H3/t24-,25-,26-,27+/m1/s1. The van der Waals surface area contributed by atoms with Crippen molar-refractivity contribution in [2.75, 3.05) is 12.4 Å². The lowest BCUT2D eigenvalue weighted by atomic mass is 10.0. The third kappa shape index (κ3) is 7.94. The zero-order valence-electron chi connectivity index (χ0n) is 21.7. The van der Waals surface area contributed by atoms with Gasteiger partial charge in [0, 0.05) is 6.42 Å². The summed E-state index contributed by atoms with van der Waals surface area (Å²) in [6, 6.07) is 20.7. The molecule has 34 heavy (non-hydrogen) atoms. The summed E-state index contributed by atoms with van der Waals surface area (Å²) >= 11 is 1.83. The first-order chi connectivity index (χ1) is 16.2. The first kappa shape index (κ1) is 27.4. The molecule has 0 saturated carbocycles. The Bertz CT molecular complexity index is 840. The van der Waals surface area contributed by atoms with Crippen LogP contribution in [-0.2, 0) is 31.9 Å². The van der Waals surface area contributed by atoms with Crippen molar-refractivity contribution in [3.8, 4) is 0 Å². The molecule has 0 radical (unpaired) electrons. The van der Waals surface area contributed by atoms with Gasteiger partial charge in [-0.3, -0.25) is 0 Å². The molecule has 1 aliphatic rings. The molecule has 4 nitrogen and oxygen atoms in total. The average molecular weight is 503 g/mol. The lowest BCUT2D eigenvalue weighted by Gasteiger charge is -2.43.